The van der Waals surface area contributed by atoms with Gasteiger partial charge in [-0.05, 0) is 63.6 Å². The van der Waals surface area contributed by atoms with Crippen molar-refractivity contribution in [1.29, 1.82) is 0 Å². The van der Waals surface area contributed by atoms with Gasteiger partial charge in [-0.25, -0.2) is 19.2 Å². The van der Waals surface area contributed by atoms with Gasteiger partial charge < -0.3 is 15.0 Å². The molecule has 1 saturated heterocycles. The van der Waals surface area contributed by atoms with Crippen molar-refractivity contribution < 1.29 is 13.9 Å². The number of carbonyl (C=O) groups is 1. The molecule has 0 unspecified atom stereocenters. The number of aryl methyl sites for hydroxylation is 1. The molecule has 2 aliphatic carbocycles. The van der Waals surface area contributed by atoms with Gasteiger partial charge in [-0.3, -0.25) is 4.90 Å². The predicted octanol–water partition coefficient (Wildman–Crippen LogP) is 4.57. The number of carbonyl (C=O) groups excluding carboxylic acids is 1. The zero-order valence-corrected chi connectivity index (χ0v) is 19.7. The van der Waals surface area contributed by atoms with E-state index < -0.39 is 0 Å². The van der Waals surface area contributed by atoms with E-state index in [1.54, 1.807) is 12.1 Å². The van der Waals surface area contributed by atoms with E-state index in [-0.39, 0.29) is 23.1 Å². The number of aromatic nitrogens is 2. The molecule has 7 nitrogen and oxygen atoms in total. The van der Waals surface area contributed by atoms with E-state index in [1.165, 1.54) is 6.33 Å². The molecule has 2 heterocycles. The van der Waals surface area contributed by atoms with E-state index in [1.807, 2.05) is 31.7 Å². The first-order valence-electron chi connectivity index (χ1n) is 11.9. The summed E-state index contributed by atoms with van der Waals surface area (Å²) in [6.45, 7) is 8.80. The van der Waals surface area contributed by atoms with Crippen molar-refractivity contribution in [3.63, 3.8) is 0 Å². The summed E-state index contributed by atoms with van der Waals surface area (Å²) in [5.74, 6) is 0.335. The van der Waals surface area contributed by atoms with Gasteiger partial charge in [0.2, 0.25) is 0 Å². The average Bonchev–Trinajstić information content (AvgIpc) is 3.72. The summed E-state index contributed by atoms with van der Waals surface area (Å²) >= 11 is 0. The van der Waals surface area contributed by atoms with Gasteiger partial charge in [-0.1, -0.05) is 13.0 Å². The summed E-state index contributed by atoms with van der Waals surface area (Å²) in [5.41, 5.74) is 2.97. The summed E-state index contributed by atoms with van der Waals surface area (Å²) in [4.78, 5) is 25.8. The van der Waals surface area contributed by atoms with Crippen LogP contribution in [0.2, 0.25) is 0 Å². The minimum atomic E-state index is -0.283. The largest absolute Gasteiger partial charge is 0.443 e. The lowest BCUT2D eigenvalue weighted by molar-refractivity contribution is 0.0167. The fourth-order valence-electron chi connectivity index (χ4n) is 4.55. The number of benzene rings is 1. The molecular weight excluding hydrogens is 421 g/mol. The molecule has 0 atom stereocenters. The van der Waals surface area contributed by atoms with E-state index >= 15 is 0 Å². The monoisotopic (exact) mass is 453 g/mol. The molecule has 3 fully saturated rings. The second-order valence-electron chi connectivity index (χ2n) is 9.97. The molecule has 1 aromatic carbocycles. The second kappa shape index (κ2) is 8.24. The van der Waals surface area contributed by atoms with Crippen LogP contribution < -0.4 is 5.32 Å². The molecule has 3 aliphatic rings. The Balaban J connectivity index is 1.27. The number of nitrogens with zero attached hydrogens (tertiary/aromatic N) is 4. The molecule has 5 rings (SSSR count). The number of rotatable bonds is 6. The zero-order chi connectivity index (χ0) is 23.2. The second-order valence-corrected chi connectivity index (χ2v) is 9.97. The highest BCUT2D eigenvalue weighted by Crippen LogP contribution is 2.46. The molecular formula is C25H32FN5O2. The normalized spacial score (nSPS) is 20.5. The fourth-order valence-corrected chi connectivity index (χ4v) is 4.55. The van der Waals surface area contributed by atoms with Crippen molar-refractivity contribution >= 4 is 17.6 Å². The lowest BCUT2D eigenvalue weighted by atomic mass is 10.1. The van der Waals surface area contributed by atoms with Crippen molar-refractivity contribution in [2.45, 2.75) is 70.6 Å². The maximum Gasteiger partial charge on any atom is 0.410 e. The van der Waals surface area contributed by atoms with E-state index in [9.17, 15) is 9.18 Å². The van der Waals surface area contributed by atoms with Crippen LogP contribution in [0.4, 0.5) is 20.7 Å². The van der Waals surface area contributed by atoms with Crippen molar-refractivity contribution in [1.82, 2.24) is 19.8 Å². The van der Waals surface area contributed by atoms with Crippen molar-refractivity contribution in [3.8, 4) is 0 Å². The number of anilines is 2. The zero-order valence-electron chi connectivity index (χ0n) is 19.7. The Morgan fingerprint density at radius 1 is 1.21 bits per heavy atom. The van der Waals surface area contributed by atoms with Gasteiger partial charge in [0.1, 0.15) is 23.6 Å². The number of hydrogen-bond acceptors (Lipinski definition) is 6. The average molecular weight is 454 g/mol. The van der Waals surface area contributed by atoms with Crippen LogP contribution in [0.1, 0.15) is 56.4 Å². The number of piperazine rings is 1. The molecule has 1 N–H and O–H groups in total. The van der Waals surface area contributed by atoms with Gasteiger partial charge in [0, 0.05) is 37.3 Å². The highest BCUT2D eigenvalue weighted by Gasteiger charge is 2.53. The number of amides is 1. The van der Waals surface area contributed by atoms with Gasteiger partial charge in [-0.2, -0.15) is 0 Å². The number of hydrogen-bond donors (Lipinski definition) is 1. The lowest BCUT2D eigenvalue weighted by Crippen LogP contribution is -2.56. The number of nitrogens with one attached hydrogen (secondary N) is 1. The van der Waals surface area contributed by atoms with Crippen LogP contribution >= 0.6 is 0 Å². The standard InChI is InChI=1S/C25H32FN5O2/c1-4-18-5-6-20(19(26)13-18)29-22-17(2)21(27-16-28-22)14-31-12-11-30(15-25(31)9-10-25)23(32)33-24(3)7-8-24/h5-6,13,16H,4,7-12,14-15H2,1-3H3,(H,27,28,29). The summed E-state index contributed by atoms with van der Waals surface area (Å²) in [5, 5.41) is 3.14. The van der Waals surface area contributed by atoms with Gasteiger partial charge in [0.15, 0.2) is 0 Å². The van der Waals surface area contributed by atoms with Crippen molar-refractivity contribution in [2.75, 3.05) is 25.0 Å². The van der Waals surface area contributed by atoms with Crippen molar-refractivity contribution in [3.05, 3.63) is 47.2 Å². The SMILES string of the molecule is CCc1ccc(Nc2ncnc(CN3CCN(C(=O)OC4(C)CC4)CC34CC4)c2C)c(F)c1. The van der Waals surface area contributed by atoms with Gasteiger partial charge in [0.05, 0.1) is 11.4 Å². The Morgan fingerprint density at radius 2 is 2.00 bits per heavy atom. The van der Waals surface area contributed by atoms with Gasteiger partial charge >= 0.3 is 6.09 Å². The van der Waals surface area contributed by atoms with Crippen LogP contribution in [0.15, 0.2) is 24.5 Å². The minimum absolute atomic E-state index is 0.00873. The topological polar surface area (TPSA) is 70.6 Å². The fraction of sp³-hybridized carbons (Fsp3) is 0.560. The predicted molar refractivity (Wildman–Crippen MR) is 124 cm³/mol. The molecule has 8 heteroatoms. The van der Waals surface area contributed by atoms with Gasteiger partial charge in [0.25, 0.3) is 0 Å². The van der Waals surface area contributed by atoms with E-state index in [4.69, 9.17) is 4.74 Å². The quantitative estimate of drug-likeness (QED) is 0.691. The van der Waals surface area contributed by atoms with Crippen LogP contribution in [-0.4, -0.2) is 56.6 Å². The first kappa shape index (κ1) is 22.1. The highest BCUT2D eigenvalue weighted by atomic mass is 19.1. The summed E-state index contributed by atoms with van der Waals surface area (Å²) in [7, 11) is 0. The molecule has 2 saturated carbocycles. The third kappa shape index (κ3) is 4.53. The molecule has 1 aromatic heterocycles. The Bertz CT molecular complexity index is 1070. The van der Waals surface area contributed by atoms with Crippen LogP contribution in [0.3, 0.4) is 0 Å². The maximum atomic E-state index is 14.5. The third-order valence-electron chi connectivity index (χ3n) is 7.39. The summed E-state index contributed by atoms with van der Waals surface area (Å²) in [6, 6.07) is 5.24. The lowest BCUT2D eigenvalue weighted by Gasteiger charge is -2.42. The third-order valence-corrected chi connectivity index (χ3v) is 7.39. The molecule has 0 radical (unpaired) electrons. The molecule has 33 heavy (non-hydrogen) atoms. The Kier molecular flexibility index (Phi) is 5.51. The number of ether oxygens (including phenoxy) is 1. The summed E-state index contributed by atoms with van der Waals surface area (Å²) in [6.07, 6.45) is 6.20. The molecule has 1 amide bonds. The van der Waals surface area contributed by atoms with Crippen LogP contribution in [0.5, 0.6) is 0 Å². The van der Waals surface area contributed by atoms with E-state index in [0.29, 0.717) is 31.1 Å². The van der Waals surface area contributed by atoms with Crippen molar-refractivity contribution in [2.24, 2.45) is 0 Å². The first-order chi connectivity index (χ1) is 15.8. The first-order valence-corrected chi connectivity index (χ1v) is 11.9. The minimum Gasteiger partial charge on any atom is -0.443 e. The molecule has 176 valence electrons. The summed E-state index contributed by atoms with van der Waals surface area (Å²) < 4.78 is 20.2. The highest BCUT2D eigenvalue weighted by molar-refractivity contribution is 5.69. The molecule has 0 bridgehead atoms. The Labute approximate surface area is 194 Å². The van der Waals surface area contributed by atoms with Gasteiger partial charge in [-0.15, -0.1) is 0 Å². The molecule has 2 aromatic rings. The molecule has 1 aliphatic heterocycles. The Morgan fingerprint density at radius 3 is 2.67 bits per heavy atom. The van der Waals surface area contributed by atoms with E-state index in [2.05, 4.69) is 20.2 Å². The Hall–Kier alpha value is -2.74. The van der Waals surface area contributed by atoms with Crippen LogP contribution in [0.25, 0.3) is 0 Å². The number of halogens is 1. The van der Waals surface area contributed by atoms with E-state index in [0.717, 1.165) is 55.5 Å². The molecule has 1 spiro atoms. The van der Waals surface area contributed by atoms with Crippen LogP contribution in [0, 0.1) is 12.7 Å². The van der Waals surface area contributed by atoms with Crippen LogP contribution in [-0.2, 0) is 17.7 Å². The smallest absolute Gasteiger partial charge is 0.410 e. The maximum absolute atomic E-state index is 14.5.